The molecule has 0 amide bonds. The third-order valence-electron chi connectivity index (χ3n) is 2.95. The molecule has 2 rings (SSSR count). The molecule has 3 nitrogen and oxygen atoms in total. The van der Waals surface area contributed by atoms with Crippen LogP contribution in [0.5, 0.6) is 0 Å². The van der Waals surface area contributed by atoms with Crippen molar-refractivity contribution >= 4 is 5.97 Å². The van der Waals surface area contributed by atoms with Gasteiger partial charge >= 0.3 is 5.97 Å². The van der Waals surface area contributed by atoms with Crippen molar-refractivity contribution in [1.29, 1.82) is 0 Å². The van der Waals surface area contributed by atoms with Crippen LogP contribution in [0, 0.1) is 0 Å². The molecule has 0 radical (unpaired) electrons. The van der Waals surface area contributed by atoms with Crippen LogP contribution in [0.1, 0.15) is 35.7 Å². The van der Waals surface area contributed by atoms with Gasteiger partial charge in [0.1, 0.15) is 0 Å². The molecule has 1 aliphatic carbocycles. The molecule has 15 heavy (non-hydrogen) atoms. The molecule has 1 fully saturated rings. The number of carboxylic acid groups (broad SMARTS) is 1. The first-order chi connectivity index (χ1) is 7.18. The van der Waals surface area contributed by atoms with E-state index in [0.29, 0.717) is 5.56 Å². The van der Waals surface area contributed by atoms with Crippen molar-refractivity contribution in [2.45, 2.75) is 25.3 Å². The van der Waals surface area contributed by atoms with E-state index in [1.807, 2.05) is 12.1 Å². The summed E-state index contributed by atoms with van der Waals surface area (Å²) in [5.74, 6) is -0.866. The van der Waals surface area contributed by atoms with Gasteiger partial charge < -0.3 is 10.4 Å². The number of benzene rings is 1. The van der Waals surface area contributed by atoms with Crippen molar-refractivity contribution in [2.75, 3.05) is 6.54 Å². The van der Waals surface area contributed by atoms with Gasteiger partial charge in [-0.1, -0.05) is 19.1 Å². The number of hydrogen-bond acceptors (Lipinski definition) is 2. The summed E-state index contributed by atoms with van der Waals surface area (Å²) >= 11 is 0. The highest BCUT2D eigenvalue weighted by atomic mass is 16.4. The Bertz CT molecular complexity index is 366. The molecule has 0 heterocycles. The Kier molecular flexibility index (Phi) is 2.49. The van der Waals surface area contributed by atoms with Gasteiger partial charge in [0.2, 0.25) is 0 Å². The van der Waals surface area contributed by atoms with E-state index in [4.69, 9.17) is 5.11 Å². The molecule has 0 atom stereocenters. The molecule has 1 aromatic carbocycles. The molecule has 0 aliphatic heterocycles. The van der Waals surface area contributed by atoms with Gasteiger partial charge in [-0.05, 0) is 37.1 Å². The fraction of sp³-hybridized carbons (Fsp3) is 0.417. The number of rotatable bonds is 4. The number of aromatic carboxylic acids is 1. The fourth-order valence-electron chi connectivity index (χ4n) is 1.96. The zero-order chi connectivity index (χ0) is 10.9. The first kappa shape index (κ1) is 10.2. The molecule has 0 unspecified atom stereocenters. The Morgan fingerprint density at radius 1 is 1.40 bits per heavy atom. The lowest BCUT2D eigenvalue weighted by molar-refractivity contribution is 0.0697. The van der Waals surface area contributed by atoms with Crippen molar-refractivity contribution in [3.05, 3.63) is 35.4 Å². The first-order valence-corrected chi connectivity index (χ1v) is 5.27. The molecule has 1 saturated carbocycles. The molecular weight excluding hydrogens is 190 g/mol. The van der Waals surface area contributed by atoms with E-state index < -0.39 is 5.97 Å². The third-order valence-corrected chi connectivity index (χ3v) is 2.95. The minimum Gasteiger partial charge on any atom is -0.478 e. The largest absolute Gasteiger partial charge is 0.478 e. The summed E-state index contributed by atoms with van der Waals surface area (Å²) in [5, 5.41) is 12.2. The molecule has 0 bridgehead atoms. The highest BCUT2D eigenvalue weighted by Crippen LogP contribution is 2.45. The quantitative estimate of drug-likeness (QED) is 0.790. The number of carboxylic acids is 1. The zero-order valence-corrected chi connectivity index (χ0v) is 8.79. The second-order valence-corrected chi connectivity index (χ2v) is 3.99. The SMILES string of the molecule is CCNC1(c2ccc(C(=O)O)cc2)CC1. The summed E-state index contributed by atoms with van der Waals surface area (Å²) in [6.45, 7) is 3.03. The summed E-state index contributed by atoms with van der Waals surface area (Å²) in [7, 11) is 0. The molecule has 1 aliphatic rings. The van der Waals surface area contributed by atoms with Crippen LogP contribution in [-0.4, -0.2) is 17.6 Å². The van der Waals surface area contributed by atoms with Crippen LogP contribution in [0.15, 0.2) is 24.3 Å². The Hall–Kier alpha value is -1.35. The second-order valence-electron chi connectivity index (χ2n) is 3.99. The predicted molar refractivity (Wildman–Crippen MR) is 58.0 cm³/mol. The number of nitrogens with one attached hydrogen (secondary N) is 1. The molecule has 2 N–H and O–H groups in total. The van der Waals surface area contributed by atoms with Gasteiger partial charge in [-0.3, -0.25) is 0 Å². The second kappa shape index (κ2) is 3.66. The van der Waals surface area contributed by atoms with E-state index in [-0.39, 0.29) is 5.54 Å². The van der Waals surface area contributed by atoms with Crippen LogP contribution < -0.4 is 5.32 Å². The number of hydrogen-bond donors (Lipinski definition) is 2. The maximum absolute atomic E-state index is 10.7. The lowest BCUT2D eigenvalue weighted by atomic mass is 10.0. The molecule has 0 spiro atoms. The standard InChI is InChI=1S/C12H15NO2/c1-2-13-12(7-8-12)10-5-3-9(4-6-10)11(14)15/h3-6,13H,2,7-8H2,1H3,(H,14,15). The summed E-state index contributed by atoms with van der Waals surface area (Å²) in [6.07, 6.45) is 2.29. The fourth-order valence-corrected chi connectivity index (χ4v) is 1.96. The maximum atomic E-state index is 10.7. The van der Waals surface area contributed by atoms with Crippen LogP contribution in [0.2, 0.25) is 0 Å². The minimum atomic E-state index is -0.866. The first-order valence-electron chi connectivity index (χ1n) is 5.27. The summed E-state index contributed by atoms with van der Waals surface area (Å²) in [4.78, 5) is 10.7. The molecule has 3 heteroatoms. The Labute approximate surface area is 89.1 Å². The zero-order valence-electron chi connectivity index (χ0n) is 8.79. The van der Waals surface area contributed by atoms with Gasteiger partial charge in [-0.25, -0.2) is 4.79 Å². The Morgan fingerprint density at radius 2 is 2.00 bits per heavy atom. The van der Waals surface area contributed by atoms with Crippen LogP contribution >= 0.6 is 0 Å². The van der Waals surface area contributed by atoms with Gasteiger partial charge in [0.25, 0.3) is 0 Å². The monoisotopic (exact) mass is 205 g/mol. The molecule has 0 aromatic heterocycles. The van der Waals surface area contributed by atoms with Crippen LogP contribution in [-0.2, 0) is 5.54 Å². The highest BCUT2D eigenvalue weighted by molar-refractivity contribution is 5.87. The average molecular weight is 205 g/mol. The van der Waals surface area contributed by atoms with Crippen LogP contribution in [0.25, 0.3) is 0 Å². The maximum Gasteiger partial charge on any atom is 0.335 e. The van der Waals surface area contributed by atoms with Crippen molar-refractivity contribution in [1.82, 2.24) is 5.32 Å². The normalized spacial score (nSPS) is 17.4. The Balaban J connectivity index is 2.20. The smallest absolute Gasteiger partial charge is 0.335 e. The Morgan fingerprint density at radius 3 is 2.40 bits per heavy atom. The van der Waals surface area contributed by atoms with E-state index in [1.165, 1.54) is 5.56 Å². The van der Waals surface area contributed by atoms with Crippen molar-refractivity contribution in [3.8, 4) is 0 Å². The van der Waals surface area contributed by atoms with E-state index in [0.717, 1.165) is 19.4 Å². The average Bonchev–Trinajstić information content (AvgIpc) is 3.00. The third kappa shape index (κ3) is 1.88. The summed E-state index contributed by atoms with van der Waals surface area (Å²) in [6, 6.07) is 7.18. The van der Waals surface area contributed by atoms with E-state index in [1.54, 1.807) is 12.1 Å². The van der Waals surface area contributed by atoms with Gasteiger partial charge in [0.15, 0.2) is 0 Å². The van der Waals surface area contributed by atoms with Crippen molar-refractivity contribution in [3.63, 3.8) is 0 Å². The molecule has 80 valence electrons. The van der Waals surface area contributed by atoms with Gasteiger partial charge in [0, 0.05) is 5.54 Å². The lowest BCUT2D eigenvalue weighted by Gasteiger charge is -2.16. The van der Waals surface area contributed by atoms with E-state index in [9.17, 15) is 4.79 Å². The summed E-state index contributed by atoms with van der Waals surface area (Å²) in [5.41, 5.74) is 1.69. The van der Waals surface area contributed by atoms with Crippen molar-refractivity contribution in [2.24, 2.45) is 0 Å². The molecule has 1 aromatic rings. The van der Waals surface area contributed by atoms with Gasteiger partial charge in [-0.15, -0.1) is 0 Å². The summed E-state index contributed by atoms with van der Waals surface area (Å²) < 4.78 is 0. The van der Waals surface area contributed by atoms with Crippen LogP contribution in [0.4, 0.5) is 0 Å². The molecule has 0 saturated heterocycles. The topological polar surface area (TPSA) is 49.3 Å². The van der Waals surface area contributed by atoms with E-state index in [2.05, 4.69) is 12.2 Å². The predicted octanol–water partition coefficient (Wildman–Crippen LogP) is 1.98. The van der Waals surface area contributed by atoms with Gasteiger partial charge in [0.05, 0.1) is 5.56 Å². The number of carbonyl (C=O) groups is 1. The molecular formula is C12H15NO2. The van der Waals surface area contributed by atoms with Gasteiger partial charge in [-0.2, -0.15) is 0 Å². The van der Waals surface area contributed by atoms with Crippen LogP contribution in [0.3, 0.4) is 0 Å². The minimum absolute atomic E-state index is 0.131. The van der Waals surface area contributed by atoms with E-state index >= 15 is 0 Å². The van der Waals surface area contributed by atoms with Crippen molar-refractivity contribution < 1.29 is 9.90 Å². The lowest BCUT2D eigenvalue weighted by Crippen LogP contribution is -2.28. The highest BCUT2D eigenvalue weighted by Gasteiger charge is 2.43.